The average molecular weight is 228 g/mol. The zero-order chi connectivity index (χ0) is 11.5. The van der Waals surface area contributed by atoms with E-state index in [-0.39, 0.29) is 0 Å². The minimum absolute atomic E-state index is 1.01. The minimum atomic E-state index is 1.01. The third-order valence-corrected chi connectivity index (χ3v) is 3.15. The molecule has 1 fully saturated rings. The van der Waals surface area contributed by atoms with Gasteiger partial charge in [0.25, 0.3) is 0 Å². The van der Waals surface area contributed by atoms with Gasteiger partial charge in [-0.1, -0.05) is 0 Å². The Labute approximate surface area is 101 Å². The summed E-state index contributed by atoms with van der Waals surface area (Å²) in [6.45, 7) is 3.45. The molecule has 0 bridgehead atoms. The van der Waals surface area contributed by atoms with Gasteiger partial charge in [0.05, 0.1) is 18.1 Å². The van der Waals surface area contributed by atoms with Crippen LogP contribution in [0.2, 0.25) is 0 Å². The van der Waals surface area contributed by atoms with Crippen molar-refractivity contribution in [3.63, 3.8) is 0 Å². The predicted octanol–water partition coefficient (Wildman–Crippen LogP) is 1.86. The Bertz CT molecular complexity index is 471. The molecule has 1 aliphatic rings. The van der Waals surface area contributed by atoms with Gasteiger partial charge in [-0.15, -0.1) is 0 Å². The second kappa shape index (κ2) is 4.67. The van der Waals surface area contributed by atoms with Crippen LogP contribution in [0.4, 0.5) is 0 Å². The molecule has 0 atom stereocenters. The lowest BCUT2D eigenvalue weighted by Crippen LogP contribution is -2.17. The van der Waals surface area contributed by atoms with Gasteiger partial charge in [-0.25, -0.2) is 4.68 Å². The van der Waals surface area contributed by atoms with E-state index in [0.717, 1.165) is 12.2 Å². The fourth-order valence-electron chi connectivity index (χ4n) is 2.27. The summed E-state index contributed by atoms with van der Waals surface area (Å²) in [5.41, 5.74) is 2.29. The van der Waals surface area contributed by atoms with Gasteiger partial charge in [0.2, 0.25) is 0 Å². The highest BCUT2D eigenvalue weighted by molar-refractivity contribution is 5.27. The Hall–Kier alpha value is -1.68. The molecule has 2 aromatic heterocycles. The average Bonchev–Trinajstić information content (AvgIpc) is 3.02. The van der Waals surface area contributed by atoms with Crippen LogP contribution in [0.25, 0.3) is 5.69 Å². The van der Waals surface area contributed by atoms with Crippen LogP contribution < -0.4 is 0 Å². The lowest BCUT2D eigenvalue weighted by Gasteiger charge is -2.12. The molecule has 0 amide bonds. The van der Waals surface area contributed by atoms with Crippen LogP contribution in [0.5, 0.6) is 0 Å². The zero-order valence-electron chi connectivity index (χ0n) is 9.79. The van der Waals surface area contributed by atoms with Crippen molar-refractivity contribution in [1.29, 1.82) is 0 Å². The summed E-state index contributed by atoms with van der Waals surface area (Å²) in [5.74, 6) is 0. The molecule has 0 aliphatic carbocycles. The monoisotopic (exact) mass is 228 g/mol. The van der Waals surface area contributed by atoms with E-state index >= 15 is 0 Å². The number of hydrogen-bond donors (Lipinski definition) is 0. The summed E-state index contributed by atoms with van der Waals surface area (Å²) >= 11 is 0. The molecule has 1 saturated heterocycles. The molecule has 4 heteroatoms. The first-order valence-electron chi connectivity index (χ1n) is 6.08. The largest absolute Gasteiger partial charge is 0.299 e. The first-order valence-corrected chi connectivity index (χ1v) is 6.08. The van der Waals surface area contributed by atoms with Crippen molar-refractivity contribution in [2.24, 2.45) is 0 Å². The number of pyridine rings is 1. The fraction of sp³-hybridized carbons (Fsp3) is 0.385. The van der Waals surface area contributed by atoms with Crippen molar-refractivity contribution in [2.75, 3.05) is 13.1 Å². The van der Waals surface area contributed by atoms with Gasteiger partial charge in [-0.3, -0.25) is 9.88 Å². The van der Waals surface area contributed by atoms with Gasteiger partial charge in [0.1, 0.15) is 0 Å². The van der Waals surface area contributed by atoms with Crippen LogP contribution in [0.1, 0.15) is 18.4 Å². The van der Waals surface area contributed by atoms with Crippen LogP contribution in [0, 0.1) is 0 Å². The minimum Gasteiger partial charge on any atom is -0.299 e. The Morgan fingerprint density at radius 3 is 2.82 bits per heavy atom. The molecule has 0 unspecified atom stereocenters. The van der Waals surface area contributed by atoms with E-state index in [1.54, 1.807) is 6.20 Å². The Balaban J connectivity index is 1.74. The second-order valence-corrected chi connectivity index (χ2v) is 4.49. The molecule has 88 valence electrons. The van der Waals surface area contributed by atoms with Crippen molar-refractivity contribution in [3.8, 4) is 5.69 Å². The maximum Gasteiger partial charge on any atom is 0.0828 e. The van der Waals surface area contributed by atoms with Crippen molar-refractivity contribution in [2.45, 2.75) is 19.4 Å². The number of rotatable bonds is 3. The summed E-state index contributed by atoms with van der Waals surface area (Å²) in [4.78, 5) is 6.58. The van der Waals surface area contributed by atoms with Crippen LogP contribution in [-0.4, -0.2) is 32.8 Å². The predicted molar refractivity (Wildman–Crippen MR) is 65.9 cm³/mol. The molecule has 0 aromatic carbocycles. The fourth-order valence-corrected chi connectivity index (χ4v) is 2.27. The number of hydrogen-bond acceptors (Lipinski definition) is 3. The topological polar surface area (TPSA) is 34.0 Å². The molecular weight excluding hydrogens is 212 g/mol. The molecule has 4 nitrogen and oxygen atoms in total. The molecular formula is C13H16N4. The Morgan fingerprint density at radius 2 is 2.06 bits per heavy atom. The smallest absolute Gasteiger partial charge is 0.0828 e. The summed E-state index contributed by atoms with van der Waals surface area (Å²) in [6.07, 6.45) is 10.3. The summed E-state index contributed by atoms with van der Waals surface area (Å²) < 4.78 is 1.89. The van der Waals surface area contributed by atoms with Crippen molar-refractivity contribution < 1.29 is 0 Å². The molecule has 1 aliphatic heterocycles. The van der Waals surface area contributed by atoms with Gasteiger partial charge < -0.3 is 0 Å². The maximum absolute atomic E-state index is 4.38. The third kappa shape index (κ3) is 2.36. The number of nitrogens with zero attached hydrogens (tertiary/aromatic N) is 4. The van der Waals surface area contributed by atoms with Gasteiger partial charge in [0.15, 0.2) is 0 Å². The summed E-state index contributed by atoms with van der Waals surface area (Å²) in [6, 6.07) is 3.94. The van der Waals surface area contributed by atoms with Crippen LogP contribution >= 0.6 is 0 Å². The van der Waals surface area contributed by atoms with Crippen LogP contribution in [0.3, 0.4) is 0 Å². The quantitative estimate of drug-likeness (QED) is 0.804. The maximum atomic E-state index is 4.38. The van der Waals surface area contributed by atoms with Gasteiger partial charge in [-0.2, -0.15) is 5.10 Å². The zero-order valence-corrected chi connectivity index (χ0v) is 9.79. The van der Waals surface area contributed by atoms with E-state index < -0.39 is 0 Å². The second-order valence-electron chi connectivity index (χ2n) is 4.49. The van der Waals surface area contributed by atoms with Crippen molar-refractivity contribution >= 4 is 0 Å². The molecule has 3 rings (SSSR count). The normalized spacial score (nSPS) is 16.5. The Kier molecular flexibility index (Phi) is 2.88. The van der Waals surface area contributed by atoms with Gasteiger partial charge in [0, 0.05) is 24.5 Å². The first-order chi connectivity index (χ1) is 8.42. The lowest BCUT2D eigenvalue weighted by atomic mass is 10.3. The summed E-state index contributed by atoms with van der Waals surface area (Å²) in [5, 5.41) is 4.38. The van der Waals surface area contributed by atoms with Crippen LogP contribution in [-0.2, 0) is 6.54 Å². The highest BCUT2D eigenvalue weighted by Crippen LogP contribution is 2.13. The number of aromatic nitrogens is 3. The number of likely N-dealkylation sites (tertiary alicyclic amines) is 1. The van der Waals surface area contributed by atoms with Gasteiger partial charge >= 0.3 is 0 Å². The van der Waals surface area contributed by atoms with E-state index in [4.69, 9.17) is 0 Å². The molecule has 0 saturated carbocycles. The van der Waals surface area contributed by atoms with E-state index in [1.807, 2.05) is 29.2 Å². The standard InChI is InChI=1S/C13H16N4/c1-2-7-16(6-1)10-12-8-15-17(11-12)13-4-3-5-14-9-13/h3-5,8-9,11H,1-2,6-7,10H2. The third-order valence-electron chi connectivity index (χ3n) is 3.15. The molecule has 2 aromatic rings. The molecule has 0 radical (unpaired) electrons. The van der Waals surface area contributed by atoms with Crippen molar-refractivity contribution in [1.82, 2.24) is 19.7 Å². The highest BCUT2D eigenvalue weighted by Gasteiger charge is 2.12. The molecule has 3 heterocycles. The SMILES string of the molecule is c1cncc(-n2cc(CN3CCCC3)cn2)c1. The molecule has 17 heavy (non-hydrogen) atoms. The molecule has 0 N–H and O–H groups in total. The van der Waals surface area contributed by atoms with Crippen molar-refractivity contribution in [3.05, 3.63) is 42.5 Å². The van der Waals surface area contributed by atoms with Gasteiger partial charge in [-0.05, 0) is 38.1 Å². The Morgan fingerprint density at radius 1 is 1.18 bits per heavy atom. The molecule has 0 spiro atoms. The summed E-state index contributed by atoms with van der Waals surface area (Å²) in [7, 11) is 0. The van der Waals surface area contributed by atoms with E-state index in [0.29, 0.717) is 0 Å². The highest BCUT2D eigenvalue weighted by atomic mass is 15.3. The first kappa shape index (κ1) is 10.5. The van der Waals surface area contributed by atoms with Crippen LogP contribution in [0.15, 0.2) is 36.9 Å². The van der Waals surface area contributed by atoms with E-state index in [9.17, 15) is 0 Å². The lowest BCUT2D eigenvalue weighted by molar-refractivity contribution is 0.331. The van der Waals surface area contributed by atoms with E-state index in [1.165, 1.54) is 31.5 Å². The van der Waals surface area contributed by atoms with E-state index in [2.05, 4.69) is 21.2 Å².